The predicted octanol–water partition coefficient (Wildman–Crippen LogP) is 3.81. The van der Waals surface area contributed by atoms with Crippen molar-refractivity contribution in [3.05, 3.63) is 60.4 Å². The van der Waals surface area contributed by atoms with Gasteiger partial charge in [-0.2, -0.15) is 5.10 Å². The quantitative estimate of drug-likeness (QED) is 0.532. The number of rotatable bonds is 4. The molecule has 2 heterocycles. The van der Waals surface area contributed by atoms with E-state index in [0.717, 1.165) is 30.5 Å². The van der Waals surface area contributed by atoms with E-state index in [2.05, 4.69) is 9.97 Å². The van der Waals surface area contributed by atoms with Gasteiger partial charge in [0.1, 0.15) is 29.4 Å². The topological polar surface area (TPSA) is 105 Å². The summed E-state index contributed by atoms with van der Waals surface area (Å²) in [6.45, 7) is 0. The molecule has 2 aromatic carbocycles. The molecular formula is C21H18F2N6O. The summed E-state index contributed by atoms with van der Waals surface area (Å²) < 4.78 is 34.3. The van der Waals surface area contributed by atoms with Crippen LogP contribution >= 0.6 is 0 Å². The molecule has 0 atom stereocenters. The Labute approximate surface area is 170 Å². The molecule has 1 aliphatic carbocycles. The van der Waals surface area contributed by atoms with E-state index >= 15 is 0 Å². The molecular weight excluding hydrogens is 390 g/mol. The summed E-state index contributed by atoms with van der Waals surface area (Å²) in [7, 11) is 0. The average Bonchev–Trinajstić information content (AvgIpc) is 3.09. The minimum Gasteiger partial charge on any atom is -0.454 e. The molecule has 1 fully saturated rings. The molecule has 0 radical (unpaired) electrons. The number of fused-ring (bicyclic) bond motifs is 1. The minimum atomic E-state index is -0.771. The molecule has 9 heteroatoms. The van der Waals surface area contributed by atoms with Crippen molar-refractivity contribution in [1.82, 2.24) is 19.7 Å². The van der Waals surface area contributed by atoms with Crippen LogP contribution in [0.25, 0.3) is 22.3 Å². The smallest absolute Gasteiger partial charge is 0.168 e. The van der Waals surface area contributed by atoms with Gasteiger partial charge in [0, 0.05) is 17.7 Å². The second-order valence-corrected chi connectivity index (χ2v) is 7.34. The molecule has 0 saturated heterocycles. The number of nitrogen functional groups attached to an aromatic ring is 1. The number of nitrogens with two attached hydrogens (primary N) is 2. The lowest BCUT2D eigenvalue weighted by atomic mass is 9.88. The summed E-state index contributed by atoms with van der Waals surface area (Å²) >= 11 is 0. The number of aromatic nitrogens is 4. The predicted molar refractivity (Wildman–Crippen MR) is 108 cm³/mol. The molecule has 4 N–H and O–H groups in total. The van der Waals surface area contributed by atoms with Crippen LogP contribution in [-0.2, 0) is 0 Å². The molecule has 0 amide bonds. The van der Waals surface area contributed by atoms with E-state index in [-0.39, 0.29) is 17.8 Å². The lowest BCUT2D eigenvalue weighted by Crippen LogP contribution is -2.38. The van der Waals surface area contributed by atoms with Crippen LogP contribution < -0.4 is 16.2 Å². The van der Waals surface area contributed by atoms with Gasteiger partial charge in [-0.05, 0) is 49.2 Å². The summed E-state index contributed by atoms with van der Waals surface area (Å²) in [5.41, 5.74) is 14.2. The second-order valence-electron chi connectivity index (χ2n) is 7.34. The maximum absolute atomic E-state index is 13.8. The van der Waals surface area contributed by atoms with Gasteiger partial charge in [-0.3, -0.25) is 0 Å². The molecule has 4 aromatic rings. The molecule has 5 rings (SSSR count). The minimum absolute atomic E-state index is 0.0576. The van der Waals surface area contributed by atoms with E-state index < -0.39 is 11.6 Å². The number of anilines is 1. The van der Waals surface area contributed by atoms with Crippen LogP contribution in [0.2, 0.25) is 0 Å². The Hall–Kier alpha value is -3.59. The van der Waals surface area contributed by atoms with E-state index in [9.17, 15) is 8.78 Å². The van der Waals surface area contributed by atoms with Crippen LogP contribution in [-0.4, -0.2) is 25.8 Å². The number of halogens is 2. The summed E-state index contributed by atoms with van der Waals surface area (Å²) in [4.78, 5) is 8.48. The first-order valence-corrected chi connectivity index (χ1v) is 9.47. The van der Waals surface area contributed by atoms with E-state index in [1.54, 1.807) is 24.3 Å². The first-order chi connectivity index (χ1) is 14.5. The van der Waals surface area contributed by atoms with Crippen molar-refractivity contribution in [2.45, 2.75) is 24.9 Å². The highest BCUT2D eigenvalue weighted by Gasteiger charge is 2.31. The third kappa shape index (κ3) is 3.13. The third-order valence-corrected chi connectivity index (χ3v) is 5.26. The molecule has 1 aliphatic rings. The van der Waals surface area contributed by atoms with Crippen LogP contribution in [0, 0.1) is 11.6 Å². The van der Waals surface area contributed by atoms with Crippen LogP contribution in [0.4, 0.5) is 14.6 Å². The van der Waals surface area contributed by atoms with Gasteiger partial charge in [0.15, 0.2) is 17.2 Å². The molecule has 0 aliphatic heterocycles. The SMILES string of the molecule is Nc1ncnc2c1c(-c1ccc(Oc3ccc(F)cc3F)cc1)nn2[C@H]1C[C@@H](N)C1. The van der Waals surface area contributed by atoms with Gasteiger partial charge in [0.2, 0.25) is 0 Å². The number of hydrogen-bond donors (Lipinski definition) is 2. The van der Waals surface area contributed by atoms with Gasteiger partial charge in [-0.15, -0.1) is 0 Å². The van der Waals surface area contributed by atoms with Crippen LogP contribution in [0.3, 0.4) is 0 Å². The Bertz CT molecular complexity index is 1230. The van der Waals surface area contributed by atoms with Crippen LogP contribution in [0.1, 0.15) is 18.9 Å². The van der Waals surface area contributed by atoms with Crippen molar-refractivity contribution in [3.8, 4) is 22.8 Å². The highest BCUT2D eigenvalue weighted by atomic mass is 19.1. The molecule has 1 saturated carbocycles. The molecule has 0 spiro atoms. The fraction of sp³-hybridized carbons (Fsp3) is 0.190. The average molecular weight is 408 g/mol. The zero-order chi connectivity index (χ0) is 20.8. The first-order valence-electron chi connectivity index (χ1n) is 9.47. The van der Waals surface area contributed by atoms with Crippen LogP contribution in [0.5, 0.6) is 11.5 Å². The molecule has 152 valence electrons. The van der Waals surface area contributed by atoms with Crippen molar-refractivity contribution in [1.29, 1.82) is 0 Å². The Kier molecular flexibility index (Phi) is 4.32. The van der Waals surface area contributed by atoms with E-state index in [1.165, 1.54) is 12.4 Å². The summed E-state index contributed by atoms with van der Waals surface area (Å²) in [5.74, 6) is -0.740. The van der Waals surface area contributed by atoms with Gasteiger partial charge in [0.05, 0.1) is 11.4 Å². The van der Waals surface area contributed by atoms with E-state index in [1.807, 2.05) is 4.68 Å². The normalized spacial score (nSPS) is 18.4. The summed E-state index contributed by atoms with van der Waals surface area (Å²) in [6.07, 6.45) is 3.08. The number of benzene rings is 2. The number of hydrogen-bond acceptors (Lipinski definition) is 6. The Morgan fingerprint density at radius 3 is 2.50 bits per heavy atom. The monoisotopic (exact) mass is 408 g/mol. The lowest BCUT2D eigenvalue weighted by Gasteiger charge is -2.32. The second kappa shape index (κ2) is 7.03. The lowest BCUT2D eigenvalue weighted by molar-refractivity contribution is 0.253. The van der Waals surface area contributed by atoms with Crippen molar-refractivity contribution in [2.75, 3.05) is 5.73 Å². The maximum atomic E-state index is 13.8. The number of nitrogens with zero attached hydrogens (tertiary/aromatic N) is 4. The van der Waals surface area contributed by atoms with Crippen molar-refractivity contribution >= 4 is 16.9 Å². The van der Waals surface area contributed by atoms with Crippen LogP contribution in [0.15, 0.2) is 48.8 Å². The van der Waals surface area contributed by atoms with Gasteiger partial charge in [-0.25, -0.2) is 23.4 Å². The summed E-state index contributed by atoms with van der Waals surface area (Å²) in [6, 6.07) is 10.5. The third-order valence-electron chi connectivity index (χ3n) is 5.26. The van der Waals surface area contributed by atoms with Crippen molar-refractivity contribution in [3.63, 3.8) is 0 Å². The largest absolute Gasteiger partial charge is 0.454 e. The highest BCUT2D eigenvalue weighted by molar-refractivity contribution is 5.98. The summed E-state index contributed by atoms with van der Waals surface area (Å²) in [5, 5.41) is 5.43. The molecule has 0 bridgehead atoms. The fourth-order valence-corrected chi connectivity index (χ4v) is 3.65. The molecule has 2 aromatic heterocycles. The van der Waals surface area contributed by atoms with E-state index in [4.69, 9.17) is 21.3 Å². The zero-order valence-corrected chi connectivity index (χ0v) is 15.8. The van der Waals surface area contributed by atoms with Crippen molar-refractivity contribution < 1.29 is 13.5 Å². The van der Waals surface area contributed by atoms with Gasteiger partial charge < -0.3 is 16.2 Å². The fourth-order valence-electron chi connectivity index (χ4n) is 3.65. The van der Waals surface area contributed by atoms with Crippen molar-refractivity contribution in [2.24, 2.45) is 5.73 Å². The zero-order valence-electron chi connectivity index (χ0n) is 15.8. The molecule has 0 unspecified atom stereocenters. The highest BCUT2D eigenvalue weighted by Crippen LogP contribution is 2.37. The Morgan fingerprint density at radius 2 is 1.80 bits per heavy atom. The molecule has 30 heavy (non-hydrogen) atoms. The van der Waals surface area contributed by atoms with Gasteiger partial charge in [0.25, 0.3) is 0 Å². The standard InChI is InChI=1S/C21H18F2N6O/c22-12-3-6-17(16(23)7-12)30-15-4-1-11(2-5-15)19-18-20(25)26-10-27-21(18)29(28-19)14-8-13(24)9-14/h1-7,10,13-14H,8-9,24H2,(H2,25,26,27)/t13-,14+. The molecule has 7 nitrogen and oxygen atoms in total. The maximum Gasteiger partial charge on any atom is 0.168 e. The van der Waals surface area contributed by atoms with Gasteiger partial charge in [-0.1, -0.05) is 0 Å². The first kappa shape index (κ1) is 18.4. The van der Waals surface area contributed by atoms with Gasteiger partial charge >= 0.3 is 0 Å². The number of ether oxygens (including phenoxy) is 1. The Morgan fingerprint density at radius 1 is 1.03 bits per heavy atom. The Balaban J connectivity index is 1.50. The van der Waals surface area contributed by atoms with E-state index in [0.29, 0.717) is 28.3 Å².